The molecule has 1 atom stereocenters. The average molecular weight is 298 g/mol. The van der Waals surface area contributed by atoms with Crippen LogP contribution in [0.2, 0.25) is 0 Å². The summed E-state index contributed by atoms with van der Waals surface area (Å²) in [5, 5.41) is 8.66. The molecule has 21 heavy (non-hydrogen) atoms. The lowest BCUT2D eigenvalue weighted by atomic mass is 9.93. The Hall–Kier alpha value is -1.19. The third-order valence-corrected chi connectivity index (χ3v) is 3.86. The van der Waals surface area contributed by atoms with Crippen molar-refractivity contribution < 1.29 is 19.5 Å². The second kappa shape index (κ2) is 12.5. The Morgan fingerprint density at radius 1 is 0.810 bits per heavy atom. The van der Waals surface area contributed by atoms with Gasteiger partial charge in [-0.1, -0.05) is 71.1 Å². The zero-order valence-corrected chi connectivity index (χ0v) is 13.5. The van der Waals surface area contributed by atoms with Gasteiger partial charge in [-0.3, -0.25) is 9.59 Å². The van der Waals surface area contributed by atoms with Crippen LogP contribution in [0.4, 0.5) is 0 Å². The van der Waals surface area contributed by atoms with E-state index in [1.807, 2.05) is 0 Å². The molecule has 0 bridgehead atoms. The largest absolute Gasteiger partial charge is 0.475 e. The van der Waals surface area contributed by atoms with E-state index in [-0.39, 0.29) is 5.78 Å². The van der Waals surface area contributed by atoms with Gasteiger partial charge in [-0.15, -0.1) is 0 Å². The summed E-state index contributed by atoms with van der Waals surface area (Å²) in [6.07, 6.45) is 12.1. The van der Waals surface area contributed by atoms with Crippen molar-refractivity contribution in [3.05, 3.63) is 0 Å². The Balaban J connectivity index is 3.62. The average Bonchev–Trinajstić information content (AvgIpc) is 2.43. The highest BCUT2D eigenvalue weighted by Crippen LogP contribution is 2.15. The van der Waals surface area contributed by atoms with Gasteiger partial charge in [0.25, 0.3) is 0 Å². The molecule has 0 aromatic heterocycles. The molecule has 0 aliphatic rings. The minimum absolute atomic E-state index is 0.335. The van der Waals surface area contributed by atoms with E-state index in [1.165, 1.54) is 51.9 Å². The van der Waals surface area contributed by atoms with E-state index >= 15 is 0 Å². The van der Waals surface area contributed by atoms with Crippen LogP contribution in [-0.2, 0) is 14.4 Å². The molecule has 0 saturated heterocycles. The summed E-state index contributed by atoms with van der Waals surface area (Å²) in [7, 11) is 0. The van der Waals surface area contributed by atoms with Crippen LogP contribution in [0.1, 0.15) is 84.5 Å². The van der Waals surface area contributed by atoms with Crippen LogP contribution in [0.5, 0.6) is 0 Å². The number of carboxylic acid groups (broad SMARTS) is 1. The molecule has 0 spiro atoms. The summed E-state index contributed by atoms with van der Waals surface area (Å²) in [5.41, 5.74) is 0. The Bertz CT molecular complexity index is 323. The fraction of sp³-hybridized carbons (Fsp3) is 0.824. The van der Waals surface area contributed by atoms with Crippen molar-refractivity contribution in [2.24, 2.45) is 5.92 Å². The molecule has 1 N–H and O–H groups in total. The Morgan fingerprint density at radius 3 is 1.62 bits per heavy atom. The third-order valence-electron chi connectivity index (χ3n) is 3.86. The van der Waals surface area contributed by atoms with Crippen molar-refractivity contribution in [1.82, 2.24) is 0 Å². The molecule has 4 nitrogen and oxygen atoms in total. The Kier molecular flexibility index (Phi) is 11.8. The van der Waals surface area contributed by atoms with E-state index in [0.717, 1.165) is 19.3 Å². The van der Waals surface area contributed by atoms with Crippen LogP contribution < -0.4 is 0 Å². The van der Waals surface area contributed by atoms with Gasteiger partial charge in [0.1, 0.15) is 5.78 Å². The number of carbonyl (C=O) groups is 3. The SMILES string of the molecule is CCCCCCCCCCCCC(C(C)=O)C(=O)C(=O)O. The molecule has 1 unspecified atom stereocenters. The number of ketones is 2. The van der Waals surface area contributed by atoms with E-state index in [4.69, 9.17) is 5.11 Å². The maximum Gasteiger partial charge on any atom is 0.372 e. The fourth-order valence-corrected chi connectivity index (χ4v) is 2.50. The molecule has 0 radical (unpaired) electrons. The molecule has 0 fully saturated rings. The number of Topliss-reactive ketones (excluding diaryl/α,β-unsaturated/α-hetero) is 2. The van der Waals surface area contributed by atoms with E-state index in [1.54, 1.807) is 0 Å². The number of carbonyl (C=O) groups excluding carboxylic acids is 2. The first-order chi connectivity index (χ1) is 10.0. The normalized spacial score (nSPS) is 12.1. The number of aliphatic carboxylic acids is 1. The molecule has 0 aromatic rings. The van der Waals surface area contributed by atoms with Crippen molar-refractivity contribution in [3.8, 4) is 0 Å². The quantitative estimate of drug-likeness (QED) is 0.297. The van der Waals surface area contributed by atoms with Gasteiger partial charge in [-0.25, -0.2) is 4.79 Å². The molecular formula is C17H30O4. The van der Waals surface area contributed by atoms with Gasteiger partial charge in [0.2, 0.25) is 5.78 Å². The predicted octanol–water partition coefficient (Wildman–Crippen LogP) is 4.16. The summed E-state index contributed by atoms with van der Waals surface area (Å²) in [4.78, 5) is 33.3. The molecule has 122 valence electrons. The summed E-state index contributed by atoms with van der Waals surface area (Å²) < 4.78 is 0. The molecule has 0 saturated carbocycles. The second-order valence-corrected chi connectivity index (χ2v) is 5.80. The van der Waals surface area contributed by atoms with Crippen LogP contribution in [0.3, 0.4) is 0 Å². The van der Waals surface area contributed by atoms with Crippen molar-refractivity contribution >= 4 is 17.5 Å². The van der Waals surface area contributed by atoms with Gasteiger partial charge >= 0.3 is 5.97 Å². The van der Waals surface area contributed by atoms with Crippen LogP contribution >= 0.6 is 0 Å². The second-order valence-electron chi connectivity index (χ2n) is 5.80. The van der Waals surface area contributed by atoms with E-state index in [2.05, 4.69) is 6.92 Å². The zero-order valence-electron chi connectivity index (χ0n) is 13.5. The minimum atomic E-state index is -1.50. The number of hydrogen-bond acceptors (Lipinski definition) is 3. The molecule has 0 aliphatic heterocycles. The lowest BCUT2D eigenvalue weighted by Gasteiger charge is -2.09. The van der Waals surface area contributed by atoms with E-state index in [0.29, 0.717) is 6.42 Å². The lowest BCUT2D eigenvalue weighted by Crippen LogP contribution is -2.28. The highest BCUT2D eigenvalue weighted by molar-refractivity contribution is 6.37. The maximum atomic E-state index is 11.4. The lowest BCUT2D eigenvalue weighted by molar-refractivity contribution is -0.152. The number of hydrogen-bond donors (Lipinski definition) is 1. The Labute approximate surface area is 128 Å². The van der Waals surface area contributed by atoms with E-state index < -0.39 is 17.7 Å². The van der Waals surface area contributed by atoms with Crippen LogP contribution in [0, 0.1) is 5.92 Å². The minimum Gasteiger partial charge on any atom is -0.475 e. The smallest absolute Gasteiger partial charge is 0.372 e. The number of carboxylic acids is 1. The number of unbranched alkanes of at least 4 members (excludes halogenated alkanes) is 9. The van der Waals surface area contributed by atoms with Crippen molar-refractivity contribution in [3.63, 3.8) is 0 Å². The van der Waals surface area contributed by atoms with Gasteiger partial charge in [0.05, 0.1) is 5.92 Å². The molecule has 0 heterocycles. The van der Waals surface area contributed by atoms with Crippen LogP contribution in [0.25, 0.3) is 0 Å². The van der Waals surface area contributed by atoms with Gasteiger partial charge in [-0.05, 0) is 13.3 Å². The van der Waals surface area contributed by atoms with Crippen molar-refractivity contribution in [2.45, 2.75) is 84.5 Å². The monoisotopic (exact) mass is 298 g/mol. The van der Waals surface area contributed by atoms with E-state index in [9.17, 15) is 14.4 Å². The highest BCUT2D eigenvalue weighted by Gasteiger charge is 2.27. The molecule has 0 amide bonds. The number of rotatable bonds is 14. The standard InChI is InChI=1S/C17H30O4/c1-3-4-5-6-7-8-9-10-11-12-13-15(14(2)18)16(19)17(20)21/h15H,3-13H2,1-2H3,(H,20,21). The predicted molar refractivity (Wildman–Crippen MR) is 83.3 cm³/mol. The first-order valence-corrected chi connectivity index (χ1v) is 8.28. The third kappa shape index (κ3) is 10.2. The van der Waals surface area contributed by atoms with Crippen LogP contribution in [-0.4, -0.2) is 22.6 Å². The molecule has 0 aromatic carbocycles. The summed E-state index contributed by atoms with van der Waals surface area (Å²) in [6.45, 7) is 3.51. The molecule has 0 aliphatic carbocycles. The molecule has 0 rings (SSSR count). The van der Waals surface area contributed by atoms with Crippen molar-refractivity contribution in [2.75, 3.05) is 0 Å². The van der Waals surface area contributed by atoms with Gasteiger partial charge in [0, 0.05) is 0 Å². The van der Waals surface area contributed by atoms with Gasteiger partial charge < -0.3 is 5.11 Å². The first-order valence-electron chi connectivity index (χ1n) is 8.28. The van der Waals surface area contributed by atoms with Crippen LogP contribution in [0.15, 0.2) is 0 Å². The topological polar surface area (TPSA) is 71.4 Å². The summed E-state index contributed by atoms with van der Waals surface area (Å²) >= 11 is 0. The fourth-order valence-electron chi connectivity index (χ4n) is 2.50. The summed E-state index contributed by atoms with van der Waals surface area (Å²) in [6, 6.07) is 0. The molecule has 4 heteroatoms. The van der Waals surface area contributed by atoms with Gasteiger partial charge in [0.15, 0.2) is 0 Å². The first kappa shape index (κ1) is 19.8. The van der Waals surface area contributed by atoms with Gasteiger partial charge in [-0.2, -0.15) is 0 Å². The molecular weight excluding hydrogens is 268 g/mol. The van der Waals surface area contributed by atoms with Crippen molar-refractivity contribution in [1.29, 1.82) is 0 Å². The zero-order chi connectivity index (χ0) is 16.1. The highest BCUT2D eigenvalue weighted by atomic mass is 16.4. The summed E-state index contributed by atoms with van der Waals surface area (Å²) in [5.74, 6) is -3.74. The maximum absolute atomic E-state index is 11.4. The Morgan fingerprint density at radius 2 is 1.24 bits per heavy atom.